The van der Waals surface area contributed by atoms with Crippen molar-refractivity contribution < 1.29 is 14.3 Å². The summed E-state index contributed by atoms with van der Waals surface area (Å²) in [5, 5.41) is 14.5. The average molecular weight is 320 g/mol. The molecule has 0 bridgehead atoms. The van der Waals surface area contributed by atoms with Gasteiger partial charge in [0.2, 0.25) is 0 Å². The molecule has 4 aromatic rings. The molecule has 0 unspecified atom stereocenters. The van der Waals surface area contributed by atoms with Gasteiger partial charge in [-0.3, -0.25) is 0 Å². The van der Waals surface area contributed by atoms with Crippen molar-refractivity contribution in [2.75, 3.05) is 0 Å². The molecule has 0 atom stereocenters. The summed E-state index contributed by atoms with van der Waals surface area (Å²) < 4.78 is 6.90. The summed E-state index contributed by atoms with van der Waals surface area (Å²) in [6, 6.07) is 10.4. The van der Waals surface area contributed by atoms with E-state index in [0.717, 1.165) is 0 Å². The van der Waals surface area contributed by atoms with Gasteiger partial charge < -0.3 is 9.52 Å². The highest BCUT2D eigenvalue weighted by molar-refractivity contribution is 6.04. The van der Waals surface area contributed by atoms with Crippen molar-refractivity contribution in [2.24, 2.45) is 0 Å². The molecule has 0 amide bonds. The van der Waals surface area contributed by atoms with Crippen molar-refractivity contribution in [1.82, 2.24) is 19.7 Å². The first kappa shape index (κ1) is 14.1. The number of pyridine rings is 2. The molecular formula is C17H12N4O3. The zero-order chi connectivity index (χ0) is 16.7. The van der Waals surface area contributed by atoms with Gasteiger partial charge in [0.15, 0.2) is 17.2 Å². The lowest BCUT2D eigenvalue weighted by molar-refractivity contribution is 0.0699. The maximum absolute atomic E-state index is 11.7. The zero-order valence-electron chi connectivity index (χ0n) is 12.7. The predicted octanol–water partition coefficient (Wildman–Crippen LogP) is 3.08. The molecule has 4 aromatic heterocycles. The van der Waals surface area contributed by atoms with Crippen molar-refractivity contribution in [3.63, 3.8) is 0 Å². The van der Waals surface area contributed by atoms with E-state index in [0.29, 0.717) is 34.0 Å². The van der Waals surface area contributed by atoms with Gasteiger partial charge in [0.1, 0.15) is 5.69 Å². The van der Waals surface area contributed by atoms with Crippen LogP contribution >= 0.6 is 0 Å². The first-order valence-corrected chi connectivity index (χ1v) is 7.24. The summed E-state index contributed by atoms with van der Waals surface area (Å²) in [4.78, 5) is 20.6. The molecule has 7 nitrogen and oxygen atoms in total. The molecule has 4 rings (SSSR count). The maximum Gasteiger partial charge on any atom is 0.336 e. The van der Waals surface area contributed by atoms with Crippen LogP contribution in [-0.2, 0) is 0 Å². The van der Waals surface area contributed by atoms with E-state index in [1.54, 1.807) is 42.1 Å². The third-order valence-electron chi connectivity index (χ3n) is 3.68. The summed E-state index contributed by atoms with van der Waals surface area (Å²) in [5.74, 6) is 0.0146. The minimum absolute atomic E-state index is 0.131. The second kappa shape index (κ2) is 5.31. The van der Waals surface area contributed by atoms with Crippen LogP contribution in [0.2, 0.25) is 0 Å². The number of fused-ring (bicyclic) bond motifs is 1. The summed E-state index contributed by atoms with van der Waals surface area (Å²) in [6.45, 7) is 1.75. The Morgan fingerprint density at radius 1 is 1.25 bits per heavy atom. The van der Waals surface area contributed by atoms with Crippen LogP contribution in [0.25, 0.3) is 28.3 Å². The van der Waals surface area contributed by atoms with E-state index in [2.05, 4.69) is 15.1 Å². The molecule has 24 heavy (non-hydrogen) atoms. The van der Waals surface area contributed by atoms with Crippen molar-refractivity contribution in [3.05, 3.63) is 60.1 Å². The molecule has 0 saturated heterocycles. The van der Waals surface area contributed by atoms with Crippen molar-refractivity contribution in [3.8, 4) is 17.3 Å². The molecule has 0 aliphatic rings. The Morgan fingerprint density at radius 2 is 2.12 bits per heavy atom. The fourth-order valence-corrected chi connectivity index (χ4v) is 2.65. The highest BCUT2D eigenvalue weighted by atomic mass is 16.4. The predicted molar refractivity (Wildman–Crippen MR) is 86.1 cm³/mol. The smallest absolute Gasteiger partial charge is 0.336 e. The first-order chi connectivity index (χ1) is 11.6. The standard InChI is InChI=1S/C17H12N4O3/c1-10-15-11(17(22)23)9-12(13-5-4-8-24-13)19-16(15)21(20-10)14-6-2-3-7-18-14/h2-9H,1H3,(H,22,23). The third-order valence-corrected chi connectivity index (χ3v) is 3.68. The first-order valence-electron chi connectivity index (χ1n) is 7.24. The van der Waals surface area contributed by atoms with Gasteiger partial charge in [-0.05, 0) is 37.3 Å². The molecule has 0 aromatic carbocycles. The van der Waals surface area contributed by atoms with E-state index < -0.39 is 5.97 Å². The lowest BCUT2D eigenvalue weighted by Gasteiger charge is -2.05. The highest BCUT2D eigenvalue weighted by Crippen LogP contribution is 2.28. The molecular weight excluding hydrogens is 308 g/mol. The number of aromatic nitrogens is 4. The molecule has 0 saturated carbocycles. The molecule has 0 fully saturated rings. The number of aryl methyl sites for hydroxylation is 1. The van der Waals surface area contributed by atoms with Crippen molar-refractivity contribution in [2.45, 2.75) is 6.92 Å². The summed E-state index contributed by atoms with van der Waals surface area (Å²) in [6.07, 6.45) is 3.16. The minimum Gasteiger partial charge on any atom is -0.478 e. The second-order valence-corrected chi connectivity index (χ2v) is 5.22. The number of aromatic carboxylic acids is 1. The van der Waals surface area contributed by atoms with Crippen molar-refractivity contribution in [1.29, 1.82) is 0 Å². The summed E-state index contributed by atoms with van der Waals surface area (Å²) in [5.41, 5.74) is 1.57. The monoisotopic (exact) mass is 320 g/mol. The van der Waals surface area contributed by atoms with Gasteiger partial charge in [0.25, 0.3) is 0 Å². The lowest BCUT2D eigenvalue weighted by Crippen LogP contribution is -2.03. The molecule has 0 spiro atoms. The largest absolute Gasteiger partial charge is 0.478 e. The van der Waals surface area contributed by atoms with Crippen LogP contribution in [0.1, 0.15) is 16.1 Å². The highest BCUT2D eigenvalue weighted by Gasteiger charge is 2.21. The maximum atomic E-state index is 11.7. The van der Waals surface area contributed by atoms with Crippen LogP contribution in [0.5, 0.6) is 0 Å². The Bertz CT molecular complexity index is 1040. The van der Waals surface area contributed by atoms with Crippen LogP contribution in [0.3, 0.4) is 0 Å². The Labute approximate surface area is 136 Å². The van der Waals surface area contributed by atoms with E-state index in [-0.39, 0.29) is 5.56 Å². The van der Waals surface area contributed by atoms with Gasteiger partial charge in [-0.2, -0.15) is 9.78 Å². The Hall–Kier alpha value is -3.48. The van der Waals surface area contributed by atoms with Gasteiger partial charge in [-0.15, -0.1) is 0 Å². The molecule has 118 valence electrons. The SMILES string of the molecule is Cc1nn(-c2ccccn2)c2nc(-c3ccco3)cc(C(=O)O)c12. The van der Waals surface area contributed by atoms with Crippen molar-refractivity contribution >= 4 is 17.0 Å². The second-order valence-electron chi connectivity index (χ2n) is 5.22. The summed E-state index contributed by atoms with van der Waals surface area (Å²) in [7, 11) is 0. The number of carboxylic acids is 1. The number of rotatable bonds is 3. The van der Waals surface area contributed by atoms with E-state index >= 15 is 0 Å². The molecule has 0 aliphatic carbocycles. The fourth-order valence-electron chi connectivity index (χ4n) is 2.65. The number of carboxylic acid groups (broad SMARTS) is 1. The molecule has 0 aliphatic heterocycles. The van der Waals surface area contributed by atoms with E-state index in [1.165, 1.54) is 12.3 Å². The Kier molecular flexibility index (Phi) is 3.13. The Morgan fingerprint density at radius 3 is 2.79 bits per heavy atom. The Balaban J connectivity index is 2.08. The fraction of sp³-hybridized carbons (Fsp3) is 0.0588. The van der Waals surface area contributed by atoms with E-state index in [9.17, 15) is 9.90 Å². The van der Waals surface area contributed by atoms with Gasteiger partial charge in [-0.25, -0.2) is 14.8 Å². The number of hydrogen-bond acceptors (Lipinski definition) is 5. The topological polar surface area (TPSA) is 94.0 Å². The third kappa shape index (κ3) is 2.14. The number of hydrogen-bond donors (Lipinski definition) is 1. The summed E-state index contributed by atoms with van der Waals surface area (Å²) >= 11 is 0. The van der Waals surface area contributed by atoms with Crippen LogP contribution in [0, 0.1) is 6.92 Å². The molecule has 7 heteroatoms. The zero-order valence-corrected chi connectivity index (χ0v) is 12.7. The molecule has 0 radical (unpaired) electrons. The van der Waals surface area contributed by atoms with Crippen LogP contribution in [0.15, 0.2) is 53.3 Å². The normalized spacial score (nSPS) is 11.0. The quantitative estimate of drug-likeness (QED) is 0.623. The molecule has 4 heterocycles. The average Bonchev–Trinajstić information content (AvgIpc) is 3.23. The van der Waals surface area contributed by atoms with Gasteiger partial charge in [0, 0.05) is 6.20 Å². The number of carbonyl (C=O) groups is 1. The van der Waals surface area contributed by atoms with Gasteiger partial charge in [-0.1, -0.05) is 6.07 Å². The molecule has 1 N–H and O–H groups in total. The lowest BCUT2D eigenvalue weighted by atomic mass is 10.1. The number of nitrogens with zero attached hydrogens (tertiary/aromatic N) is 4. The van der Waals surface area contributed by atoms with E-state index in [4.69, 9.17) is 4.42 Å². The van der Waals surface area contributed by atoms with Gasteiger partial charge in [0.05, 0.1) is 22.9 Å². The van der Waals surface area contributed by atoms with Crippen LogP contribution in [0.4, 0.5) is 0 Å². The van der Waals surface area contributed by atoms with Crippen LogP contribution < -0.4 is 0 Å². The van der Waals surface area contributed by atoms with Crippen LogP contribution in [-0.4, -0.2) is 30.8 Å². The van der Waals surface area contributed by atoms with Gasteiger partial charge >= 0.3 is 5.97 Å². The minimum atomic E-state index is -1.04. The van der Waals surface area contributed by atoms with E-state index in [1.807, 2.05) is 6.07 Å². The number of furan rings is 1.